The minimum absolute atomic E-state index is 0. The summed E-state index contributed by atoms with van der Waals surface area (Å²) in [6, 6.07) is 9.46. The van der Waals surface area contributed by atoms with Gasteiger partial charge in [0.15, 0.2) is 0 Å². The van der Waals surface area contributed by atoms with E-state index in [4.69, 9.17) is 5.11 Å². The number of nitrogens with zero attached hydrogens (tertiary/aromatic N) is 4. The van der Waals surface area contributed by atoms with Crippen molar-refractivity contribution >= 4 is 41.1 Å². The molecule has 196 valence electrons. The van der Waals surface area contributed by atoms with Crippen LogP contribution in [0.5, 0.6) is 5.75 Å². The second-order valence-corrected chi connectivity index (χ2v) is 9.18. The van der Waals surface area contributed by atoms with Crippen LogP contribution >= 0.6 is 12.4 Å². The molecule has 9 nitrogen and oxygen atoms in total. The molecule has 0 spiro atoms. The fourth-order valence-electron chi connectivity index (χ4n) is 4.60. The maximum atomic E-state index is 15.2. The highest BCUT2D eigenvalue weighted by Crippen LogP contribution is 2.38. The summed E-state index contributed by atoms with van der Waals surface area (Å²) in [5.41, 5.74) is 3.33. The smallest absolute Gasteiger partial charge is 0.276 e. The third-order valence-electron chi connectivity index (χ3n) is 6.66. The zero-order valence-corrected chi connectivity index (χ0v) is 21.0. The normalized spacial score (nSPS) is 16.2. The van der Waals surface area contributed by atoms with Crippen LogP contribution in [0, 0.1) is 5.82 Å². The van der Waals surface area contributed by atoms with E-state index in [2.05, 4.69) is 15.4 Å². The molecule has 0 radical (unpaired) electrons. The number of benzene rings is 2. The van der Waals surface area contributed by atoms with Gasteiger partial charge in [-0.05, 0) is 42.7 Å². The summed E-state index contributed by atoms with van der Waals surface area (Å²) in [6.45, 7) is 3.36. The number of hydrogen-bond donors (Lipinski definition) is 3. The molecule has 1 saturated carbocycles. The van der Waals surface area contributed by atoms with Crippen molar-refractivity contribution in [2.45, 2.75) is 18.9 Å². The molecule has 11 heteroatoms. The van der Waals surface area contributed by atoms with Crippen LogP contribution in [0.3, 0.4) is 0 Å². The minimum Gasteiger partial charge on any atom is -0.508 e. The second kappa shape index (κ2) is 11.3. The molecular formula is C26H29ClFN5O4. The highest BCUT2D eigenvalue weighted by molar-refractivity contribution is 5.98. The Morgan fingerprint density at radius 1 is 1.16 bits per heavy atom. The second-order valence-electron chi connectivity index (χ2n) is 9.18. The van der Waals surface area contributed by atoms with Gasteiger partial charge in [-0.3, -0.25) is 14.5 Å². The predicted molar refractivity (Wildman–Crippen MR) is 143 cm³/mol. The third kappa shape index (κ3) is 5.76. The van der Waals surface area contributed by atoms with Crippen LogP contribution < -0.4 is 15.8 Å². The number of phenolic OH excluding ortho intramolecular Hbond substituents is 1. The van der Waals surface area contributed by atoms with E-state index in [1.54, 1.807) is 24.4 Å². The van der Waals surface area contributed by atoms with Gasteiger partial charge in [0.2, 0.25) is 5.43 Å². The molecule has 2 aliphatic rings. The standard InChI is InChI=1S/C26H28FN5O4.ClH/c27-22-13-20-23(14-24(22)31-8-6-30(7-9-31)10-11-33)32(18-4-5-18)16-21(25(20)35)26(36)29-28-15-17-2-1-3-19(34)12-17;/h1-3,12-16,18,33-34H,4-11H2,(H,29,36);1H/b28-15-;. The van der Waals surface area contributed by atoms with E-state index in [0.717, 1.165) is 25.9 Å². The molecule has 37 heavy (non-hydrogen) atoms. The Bertz CT molecular complexity index is 1380. The number of hydrazone groups is 1. The zero-order chi connectivity index (χ0) is 25.2. The molecule has 2 fully saturated rings. The molecule has 0 unspecified atom stereocenters. The number of anilines is 1. The molecule has 1 aliphatic carbocycles. The zero-order valence-electron chi connectivity index (χ0n) is 20.1. The van der Waals surface area contributed by atoms with E-state index in [-0.39, 0.29) is 41.8 Å². The number of amides is 1. The van der Waals surface area contributed by atoms with Gasteiger partial charge in [0.05, 0.1) is 24.0 Å². The number of carbonyl (C=O) groups excluding carboxylic acids is 1. The molecule has 2 heterocycles. The first-order valence-electron chi connectivity index (χ1n) is 12.0. The molecule has 1 amide bonds. The van der Waals surface area contributed by atoms with Gasteiger partial charge in [-0.2, -0.15) is 5.10 Å². The molecule has 0 atom stereocenters. The Hall–Kier alpha value is -3.47. The van der Waals surface area contributed by atoms with Crippen LogP contribution in [0.15, 0.2) is 52.5 Å². The average Bonchev–Trinajstić information content (AvgIpc) is 3.70. The fourth-order valence-corrected chi connectivity index (χ4v) is 4.60. The van der Waals surface area contributed by atoms with E-state index in [1.165, 1.54) is 24.4 Å². The lowest BCUT2D eigenvalue weighted by Gasteiger charge is -2.36. The van der Waals surface area contributed by atoms with Crippen molar-refractivity contribution in [2.75, 3.05) is 44.2 Å². The summed E-state index contributed by atoms with van der Waals surface area (Å²) < 4.78 is 17.1. The number of carbonyl (C=O) groups is 1. The van der Waals surface area contributed by atoms with Crippen molar-refractivity contribution < 1.29 is 19.4 Å². The first-order valence-corrected chi connectivity index (χ1v) is 12.0. The van der Waals surface area contributed by atoms with Crippen LogP contribution in [0.4, 0.5) is 10.1 Å². The van der Waals surface area contributed by atoms with Crippen molar-refractivity contribution in [1.29, 1.82) is 0 Å². The Morgan fingerprint density at radius 3 is 2.59 bits per heavy atom. The van der Waals surface area contributed by atoms with Gasteiger partial charge in [0.25, 0.3) is 5.91 Å². The highest BCUT2D eigenvalue weighted by Gasteiger charge is 2.28. The van der Waals surface area contributed by atoms with Crippen molar-refractivity contribution in [2.24, 2.45) is 5.10 Å². The number of aromatic nitrogens is 1. The Morgan fingerprint density at radius 2 is 1.92 bits per heavy atom. The molecule has 0 bridgehead atoms. The first kappa shape index (κ1) is 26.6. The SMILES string of the molecule is Cl.O=C(N/N=C\c1cccc(O)c1)c1cn(C2CC2)c2cc(N3CCN(CCO)CC3)c(F)cc2c1=O. The first-order chi connectivity index (χ1) is 17.4. The largest absolute Gasteiger partial charge is 0.508 e. The summed E-state index contributed by atoms with van der Waals surface area (Å²) in [4.78, 5) is 30.1. The predicted octanol–water partition coefficient (Wildman–Crippen LogP) is 2.48. The van der Waals surface area contributed by atoms with Gasteiger partial charge in [-0.15, -0.1) is 12.4 Å². The Kier molecular flexibility index (Phi) is 8.11. The maximum absolute atomic E-state index is 15.2. The van der Waals surface area contributed by atoms with E-state index >= 15 is 4.39 Å². The lowest BCUT2D eigenvalue weighted by molar-refractivity contribution is 0.0953. The van der Waals surface area contributed by atoms with Gasteiger partial charge in [-0.25, -0.2) is 9.82 Å². The number of rotatable bonds is 7. The maximum Gasteiger partial charge on any atom is 0.276 e. The average molecular weight is 530 g/mol. The molecule has 3 N–H and O–H groups in total. The van der Waals surface area contributed by atoms with Gasteiger partial charge < -0.3 is 19.7 Å². The molecule has 1 aromatic heterocycles. The van der Waals surface area contributed by atoms with Gasteiger partial charge in [0, 0.05) is 50.3 Å². The number of aliphatic hydroxyl groups is 1. The van der Waals surface area contributed by atoms with Gasteiger partial charge in [0.1, 0.15) is 17.1 Å². The minimum atomic E-state index is -0.683. The molecule has 5 rings (SSSR count). The number of pyridine rings is 1. The van der Waals surface area contributed by atoms with Crippen LogP contribution in [-0.4, -0.2) is 71.1 Å². The highest BCUT2D eigenvalue weighted by atomic mass is 35.5. The molecule has 1 saturated heterocycles. The van der Waals surface area contributed by atoms with Gasteiger partial charge in [-0.1, -0.05) is 12.1 Å². The number of piperazine rings is 1. The molecule has 2 aromatic carbocycles. The van der Waals surface area contributed by atoms with E-state index < -0.39 is 17.2 Å². The fraction of sp³-hybridized carbons (Fsp3) is 0.346. The molecule has 1 aliphatic heterocycles. The topological polar surface area (TPSA) is 110 Å². The summed E-state index contributed by atoms with van der Waals surface area (Å²) in [6.07, 6.45) is 4.75. The Balaban J connectivity index is 0.00000320. The van der Waals surface area contributed by atoms with Gasteiger partial charge >= 0.3 is 0 Å². The number of aliphatic hydroxyl groups excluding tert-OH is 1. The third-order valence-corrected chi connectivity index (χ3v) is 6.66. The van der Waals surface area contributed by atoms with Crippen molar-refractivity contribution in [3.8, 4) is 5.75 Å². The number of β-amino-alcohol motifs (C(OH)–C–C–N with tert-alkyl or cyclic N) is 1. The molecular weight excluding hydrogens is 501 g/mol. The monoisotopic (exact) mass is 529 g/mol. The number of hydrogen-bond acceptors (Lipinski definition) is 7. The number of phenols is 1. The quantitative estimate of drug-likeness (QED) is 0.320. The summed E-state index contributed by atoms with van der Waals surface area (Å²) in [7, 11) is 0. The summed E-state index contributed by atoms with van der Waals surface area (Å²) in [5, 5.41) is 22.8. The van der Waals surface area contributed by atoms with E-state index in [9.17, 15) is 14.7 Å². The van der Waals surface area contributed by atoms with E-state index in [1.807, 2.05) is 9.47 Å². The van der Waals surface area contributed by atoms with Crippen LogP contribution in [0.25, 0.3) is 10.9 Å². The Labute approximate surface area is 219 Å². The van der Waals surface area contributed by atoms with Crippen LogP contribution in [0.2, 0.25) is 0 Å². The lowest BCUT2D eigenvalue weighted by Crippen LogP contribution is -2.47. The summed E-state index contributed by atoms with van der Waals surface area (Å²) in [5.74, 6) is -1.12. The molecule has 3 aromatic rings. The van der Waals surface area contributed by atoms with Crippen LogP contribution in [-0.2, 0) is 0 Å². The number of fused-ring (bicyclic) bond motifs is 1. The number of halogens is 2. The number of nitrogens with one attached hydrogen (secondary N) is 1. The summed E-state index contributed by atoms with van der Waals surface area (Å²) >= 11 is 0. The van der Waals surface area contributed by atoms with Crippen molar-refractivity contribution in [1.82, 2.24) is 14.9 Å². The van der Waals surface area contributed by atoms with Crippen molar-refractivity contribution in [3.05, 3.63) is 69.8 Å². The lowest BCUT2D eigenvalue weighted by atomic mass is 10.1. The number of aromatic hydroxyl groups is 1. The van der Waals surface area contributed by atoms with Crippen molar-refractivity contribution in [3.63, 3.8) is 0 Å². The van der Waals surface area contributed by atoms with E-state index in [0.29, 0.717) is 36.4 Å². The van der Waals surface area contributed by atoms with Crippen LogP contribution in [0.1, 0.15) is 34.8 Å².